The molecule has 5 nitrogen and oxygen atoms in total. The molecule has 1 saturated carbocycles. The summed E-state index contributed by atoms with van der Waals surface area (Å²) in [7, 11) is 1.67. The second kappa shape index (κ2) is 5.84. The number of carboxylic acids is 1. The van der Waals surface area contributed by atoms with Gasteiger partial charge in [-0.2, -0.15) is 0 Å². The number of nitrogens with zero attached hydrogens (tertiary/aromatic N) is 1. The number of aliphatic carboxylic acids is 1. The molecule has 0 aromatic rings. The van der Waals surface area contributed by atoms with Gasteiger partial charge in [0.05, 0.1) is 6.42 Å². The molecule has 0 heterocycles. The molecule has 1 fully saturated rings. The second-order valence-electron chi connectivity index (χ2n) is 4.52. The van der Waals surface area contributed by atoms with Crippen molar-refractivity contribution in [2.45, 2.75) is 38.1 Å². The average molecular weight is 228 g/mol. The van der Waals surface area contributed by atoms with Gasteiger partial charge in [-0.15, -0.1) is 0 Å². The molecule has 0 aromatic carbocycles. The molecule has 0 aromatic heterocycles. The Kier molecular flexibility index (Phi) is 4.73. The second-order valence-corrected chi connectivity index (χ2v) is 4.52. The molecule has 5 heteroatoms. The minimum absolute atomic E-state index is 0.00841. The van der Waals surface area contributed by atoms with Gasteiger partial charge in [0, 0.05) is 25.6 Å². The Morgan fingerprint density at radius 2 is 1.88 bits per heavy atom. The van der Waals surface area contributed by atoms with E-state index in [0.717, 1.165) is 25.7 Å². The summed E-state index contributed by atoms with van der Waals surface area (Å²) in [5.41, 5.74) is 5.77. The van der Waals surface area contributed by atoms with E-state index < -0.39 is 5.97 Å². The highest BCUT2D eigenvalue weighted by atomic mass is 16.4. The number of carbonyl (C=O) groups excluding carboxylic acids is 1. The van der Waals surface area contributed by atoms with E-state index >= 15 is 0 Å². The van der Waals surface area contributed by atoms with Gasteiger partial charge in [0.2, 0.25) is 5.91 Å². The van der Waals surface area contributed by atoms with Crippen LogP contribution in [-0.4, -0.2) is 41.5 Å². The van der Waals surface area contributed by atoms with Gasteiger partial charge in [0.15, 0.2) is 0 Å². The lowest BCUT2D eigenvalue weighted by molar-refractivity contribution is -0.139. The predicted molar refractivity (Wildman–Crippen MR) is 59.8 cm³/mol. The van der Waals surface area contributed by atoms with Crippen LogP contribution in [-0.2, 0) is 9.59 Å². The van der Waals surface area contributed by atoms with E-state index in [0.29, 0.717) is 0 Å². The van der Waals surface area contributed by atoms with Crippen LogP contribution in [0.4, 0.5) is 0 Å². The summed E-state index contributed by atoms with van der Waals surface area (Å²) in [5.74, 6) is -0.767. The first-order valence-corrected chi connectivity index (χ1v) is 5.73. The molecular weight excluding hydrogens is 208 g/mol. The van der Waals surface area contributed by atoms with Gasteiger partial charge >= 0.3 is 5.97 Å². The average Bonchev–Trinajstić information content (AvgIpc) is 2.26. The van der Waals surface area contributed by atoms with Gasteiger partial charge in [-0.1, -0.05) is 0 Å². The lowest BCUT2D eigenvalue weighted by Gasteiger charge is -2.28. The van der Waals surface area contributed by atoms with Crippen LogP contribution < -0.4 is 5.73 Å². The predicted octanol–water partition coefficient (Wildman–Crippen LogP) is 0.437. The lowest BCUT2D eigenvalue weighted by Crippen LogP contribution is -2.38. The molecule has 1 aliphatic rings. The first-order valence-electron chi connectivity index (χ1n) is 5.73. The van der Waals surface area contributed by atoms with Crippen molar-refractivity contribution >= 4 is 11.9 Å². The molecule has 0 bridgehead atoms. The van der Waals surface area contributed by atoms with Gasteiger partial charge in [-0.05, 0) is 25.7 Å². The highest BCUT2D eigenvalue weighted by Gasteiger charge is 2.26. The Morgan fingerprint density at radius 3 is 2.38 bits per heavy atom. The van der Waals surface area contributed by atoms with E-state index in [9.17, 15) is 9.59 Å². The van der Waals surface area contributed by atoms with Crippen LogP contribution >= 0.6 is 0 Å². The van der Waals surface area contributed by atoms with Crippen molar-refractivity contribution in [2.75, 3.05) is 13.6 Å². The minimum Gasteiger partial charge on any atom is -0.481 e. The van der Waals surface area contributed by atoms with Gasteiger partial charge < -0.3 is 15.7 Å². The molecule has 1 amide bonds. The molecule has 92 valence electrons. The van der Waals surface area contributed by atoms with Crippen molar-refractivity contribution in [3.63, 3.8) is 0 Å². The third-order valence-corrected chi connectivity index (χ3v) is 3.16. The zero-order chi connectivity index (χ0) is 12.1. The van der Waals surface area contributed by atoms with Gasteiger partial charge in [-0.25, -0.2) is 0 Å². The summed E-state index contributed by atoms with van der Waals surface area (Å²) in [6.07, 6.45) is 3.45. The monoisotopic (exact) mass is 228 g/mol. The Labute approximate surface area is 95.6 Å². The number of amides is 1. The Balaban J connectivity index is 2.35. The van der Waals surface area contributed by atoms with Crippen LogP contribution in [0.5, 0.6) is 0 Å². The zero-order valence-electron chi connectivity index (χ0n) is 9.69. The van der Waals surface area contributed by atoms with Crippen molar-refractivity contribution in [3.05, 3.63) is 0 Å². The smallest absolute Gasteiger partial charge is 0.305 e. The van der Waals surface area contributed by atoms with Crippen LogP contribution in [0.25, 0.3) is 0 Å². The molecule has 0 spiro atoms. The Hall–Kier alpha value is -1.10. The Morgan fingerprint density at radius 1 is 1.31 bits per heavy atom. The van der Waals surface area contributed by atoms with Crippen LogP contribution in [0.1, 0.15) is 32.1 Å². The highest BCUT2D eigenvalue weighted by molar-refractivity contribution is 5.79. The molecule has 0 radical (unpaired) electrons. The van der Waals surface area contributed by atoms with Crippen molar-refractivity contribution in [3.8, 4) is 0 Å². The summed E-state index contributed by atoms with van der Waals surface area (Å²) < 4.78 is 0. The number of hydrogen-bond acceptors (Lipinski definition) is 3. The molecule has 0 aliphatic heterocycles. The number of carboxylic acid groups (broad SMARTS) is 1. The van der Waals surface area contributed by atoms with Crippen LogP contribution in [0, 0.1) is 5.92 Å². The zero-order valence-corrected chi connectivity index (χ0v) is 9.69. The third kappa shape index (κ3) is 3.81. The highest BCUT2D eigenvalue weighted by Crippen LogP contribution is 2.24. The summed E-state index contributed by atoms with van der Waals surface area (Å²) in [6.45, 7) is 0.288. The number of hydrogen-bond donors (Lipinski definition) is 2. The Bertz CT molecular complexity index is 260. The fraction of sp³-hybridized carbons (Fsp3) is 0.818. The van der Waals surface area contributed by atoms with Gasteiger partial charge in [0.1, 0.15) is 0 Å². The van der Waals surface area contributed by atoms with Crippen LogP contribution in [0.3, 0.4) is 0 Å². The molecule has 3 N–H and O–H groups in total. The first-order chi connectivity index (χ1) is 7.50. The molecular formula is C11H20N2O3. The minimum atomic E-state index is -0.870. The summed E-state index contributed by atoms with van der Waals surface area (Å²) >= 11 is 0. The fourth-order valence-electron chi connectivity index (χ4n) is 2.05. The standard InChI is InChI=1S/C11H20N2O3/c1-13(7-6-10(14)15)11(16)8-2-4-9(12)5-3-8/h8-9H,2-7,12H2,1H3,(H,14,15). The van der Waals surface area contributed by atoms with Crippen molar-refractivity contribution < 1.29 is 14.7 Å². The molecule has 0 atom stereocenters. The molecule has 16 heavy (non-hydrogen) atoms. The SMILES string of the molecule is CN(CCC(=O)O)C(=O)C1CCC(N)CC1. The summed E-state index contributed by atoms with van der Waals surface area (Å²) in [6, 6.07) is 0.230. The molecule has 1 aliphatic carbocycles. The van der Waals surface area contributed by atoms with E-state index in [4.69, 9.17) is 10.8 Å². The molecule has 1 rings (SSSR count). The van der Waals surface area contributed by atoms with Gasteiger partial charge in [0.25, 0.3) is 0 Å². The van der Waals surface area contributed by atoms with Crippen LogP contribution in [0.15, 0.2) is 0 Å². The quantitative estimate of drug-likeness (QED) is 0.731. The molecule has 0 saturated heterocycles. The topological polar surface area (TPSA) is 83.6 Å². The van der Waals surface area contributed by atoms with E-state index in [-0.39, 0.29) is 30.8 Å². The summed E-state index contributed by atoms with van der Waals surface area (Å²) in [5, 5.41) is 8.53. The maximum Gasteiger partial charge on any atom is 0.305 e. The van der Waals surface area contributed by atoms with E-state index in [1.807, 2.05) is 0 Å². The molecule has 0 unspecified atom stereocenters. The number of nitrogens with two attached hydrogens (primary N) is 1. The maximum atomic E-state index is 11.9. The van der Waals surface area contributed by atoms with Crippen LogP contribution in [0.2, 0.25) is 0 Å². The first kappa shape index (κ1) is 13.0. The van der Waals surface area contributed by atoms with E-state index in [2.05, 4.69) is 0 Å². The lowest BCUT2D eigenvalue weighted by atomic mass is 9.85. The third-order valence-electron chi connectivity index (χ3n) is 3.16. The largest absolute Gasteiger partial charge is 0.481 e. The summed E-state index contributed by atoms with van der Waals surface area (Å²) in [4.78, 5) is 23.8. The number of rotatable bonds is 4. The van der Waals surface area contributed by atoms with Crippen molar-refractivity contribution in [1.82, 2.24) is 4.90 Å². The van der Waals surface area contributed by atoms with E-state index in [1.165, 1.54) is 4.90 Å². The fourth-order valence-corrected chi connectivity index (χ4v) is 2.05. The normalized spacial score (nSPS) is 25.1. The maximum absolute atomic E-state index is 11.9. The van der Waals surface area contributed by atoms with E-state index in [1.54, 1.807) is 7.05 Å². The van der Waals surface area contributed by atoms with Crippen molar-refractivity contribution in [1.29, 1.82) is 0 Å². The van der Waals surface area contributed by atoms with Gasteiger partial charge in [-0.3, -0.25) is 9.59 Å². The van der Waals surface area contributed by atoms with Crippen molar-refractivity contribution in [2.24, 2.45) is 11.7 Å². The number of carbonyl (C=O) groups is 2.